The molecule has 1 aromatic carbocycles. The van der Waals surface area contributed by atoms with Gasteiger partial charge in [0.15, 0.2) is 0 Å². The zero-order valence-electron chi connectivity index (χ0n) is 7.89. The molecule has 3 rings (SSSR count). The van der Waals surface area contributed by atoms with Crippen LogP contribution in [0.5, 0.6) is 0 Å². The second-order valence-electron chi connectivity index (χ2n) is 4.26. The predicted molar refractivity (Wildman–Crippen MR) is 61.7 cm³/mol. The van der Waals surface area contributed by atoms with E-state index in [0.29, 0.717) is 12.0 Å². The highest BCUT2D eigenvalue weighted by Crippen LogP contribution is 2.43. The lowest BCUT2D eigenvalue weighted by molar-refractivity contribution is 0.513. The second kappa shape index (κ2) is 2.97. The molecule has 2 nitrogen and oxygen atoms in total. The molecule has 74 valence electrons. The largest absolute Gasteiger partial charge is 0.384 e. The van der Waals surface area contributed by atoms with Gasteiger partial charge < -0.3 is 11.1 Å². The predicted octanol–water partition coefficient (Wildman–Crippen LogP) is 2.23. The number of nitrogens with one attached hydrogen (secondary N) is 1. The maximum Gasteiger partial charge on any atom is 0.0380 e. The SMILES string of the molecule is NC1Cc2c(Br)ccc3c2C(CN3)C1. The second-order valence-corrected chi connectivity index (χ2v) is 5.12. The van der Waals surface area contributed by atoms with Crippen molar-refractivity contribution in [2.45, 2.75) is 24.8 Å². The number of hydrogen-bond donors (Lipinski definition) is 2. The fraction of sp³-hybridized carbons (Fsp3) is 0.455. The summed E-state index contributed by atoms with van der Waals surface area (Å²) in [4.78, 5) is 0. The summed E-state index contributed by atoms with van der Waals surface area (Å²) in [5.41, 5.74) is 10.3. The van der Waals surface area contributed by atoms with E-state index >= 15 is 0 Å². The zero-order chi connectivity index (χ0) is 9.71. The fourth-order valence-electron chi connectivity index (χ4n) is 2.71. The van der Waals surface area contributed by atoms with E-state index in [4.69, 9.17) is 5.73 Å². The summed E-state index contributed by atoms with van der Waals surface area (Å²) in [6, 6.07) is 4.63. The third kappa shape index (κ3) is 1.12. The van der Waals surface area contributed by atoms with E-state index in [0.717, 1.165) is 19.4 Å². The molecule has 3 N–H and O–H groups in total. The maximum absolute atomic E-state index is 6.06. The number of hydrogen-bond acceptors (Lipinski definition) is 2. The van der Waals surface area contributed by atoms with Crippen LogP contribution in [0.4, 0.5) is 5.69 Å². The molecule has 0 saturated carbocycles. The Morgan fingerprint density at radius 2 is 2.29 bits per heavy atom. The van der Waals surface area contributed by atoms with Crippen LogP contribution < -0.4 is 11.1 Å². The van der Waals surface area contributed by atoms with Crippen molar-refractivity contribution in [2.24, 2.45) is 5.73 Å². The molecule has 0 amide bonds. The van der Waals surface area contributed by atoms with Gasteiger partial charge in [-0.25, -0.2) is 0 Å². The van der Waals surface area contributed by atoms with Gasteiger partial charge in [0, 0.05) is 28.7 Å². The normalized spacial score (nSPS) is 28.4. The highest BCUT2D eigenvalue weighted by Gasteiger charge is 2.32. The zero-order valence-corrected chi connectivity index (χ0v) is 9.47. The minimum atomic E-state index is 0.332. The summed E-state index contributed by atoms with van der Waals surface area (Å²) < 4.78 is 1.22. The summed E-state index contributed by atoms with van der Waals surface area (Å²) in [5, 5.41) is 3.45. The van der Waals surface area contributed by atoms with E-state index in [1.54, 1.807) is 0 Å². The molecule has 2 unspecified atom stereocenters. The highest BCUT2D eigenvalue weighted by atomic mass is 79.9. The molecule has 2 atom stereocenters. The Hall–Kier alpha value is -0.540. The fourth-order valence-corrected chi connectivity index (χ4v) is 3.22. The summed E-state index contributed by atoms with van der Waals surface area (Å²) in [6.45, 7) is 1.06. The standard InChI is InChI=1S/C11H13BrN2/c12-9-1-2-10-11-6(5-14-10)3-7(13)4-8(9)11/h1-2,6-7,14H,3-5,13H2. The van der Waals surface area contributed by atoms with Gasteiger partial charge in [0.2, 0.25) is 0 Å². The average molecular weight is 253 g/mol. The van der Waals surface area contributed by atoms with Crippen molar-refractivity contribution >= 4 is 21.6 Å². The monoisotopic (exact) mass is 252 g/mol. The third-order valence-corrected chi connectivity index (χ3v) is 4.04. The molecule has 1 aliphatic heterocycles. The van der Waals surface area contributed by atoms with Crippen LogP contribution in [-0.4, -0.2) is 12.6 Å². The van der Waals surface area contributed by atoms with Gasteiger partial charge in [-0.2, -0.15) is 0 Å². The van der Waals surface area contributed by atoms with Crippen molar-refractivity contribution in [2.75, 3.05) is 11.9 Å². The molecule has 14 heavy (non-hydrogen) atoms. The van der Waals surface area contributed by atoms with Crippen LogP contribution in [0, 0.1) is 0 Å². The minimum Gasteiger partial charge on any atom is -0.384 e. The van der Waals surface area contributed by atoms with Crippen LogP contribution in [-0.2, 0) is 6.42 Å². The molecule has 2 aliphatic rings. The lowest BCUT2D eigenvalue weighted by Crippen LogP contribution is -2.30. The number of benzene rings is 1. The lowest BCUT2D eigenvalue weighted by atomic mass is 9.81. The molecular weight excluding hydrogens is 240 g/mol. The van der Waals surface area contributed by atoms with Gasteiger partial charge in [-0.15, -0.1) is 0 Å². The van der Waals surface area contributed by atoms with Gasteiger partial charge >= 0.3 is 0 Å². The van der Waals surface area contributed by atoms with Gasteiger partial charge in [0.1, 0.15) is 0 Å². The molecule has 0 saturated heterocycles. The Morgan fingerprint density at radius 1 is 1.43 bits per heavy atom. The summed E-state index contributed by atoms with van der Waals surface area (Å²) in [5.74, 6) is 0.640. The molecule has 3 heteroatoms. The lowest BCUT2D eigenvalue weighted by Gasteiger charge is -2.26. The number of halogens is 1. The number of nitrogens with two attached hydrogens (primary N) is 1. The summed E-state index contributed by atoms with van der Waals surface area (Å²) in [6.07, 6.45) is 2.14. The Labute approximate surface area is 92.0 Å². The first-order valence-electron chi connectivity index (χ1n) is 5.06. The Balaban J connectivity index is 2.21. The minimum absolute atomic E-state index is 0.332. The first kappa shape index (κ1) is 8.74. The smallest absolute Gasteiger partial charge is 0.0380 e. The van der Waals surface area contributed by atoms with Crippen molar-refractivity contribution in [3.8, 4) is 0 Å². The summed E-state index contributed by atoms with van der Waals surface area (Å²) in [7, 11) is 0. The van der Waals surface area contributed by atoms with E-state index in [-0.39, 0.29) is 0 Å². The van der Waals surface area contributed by atoms with Crippen molar-refractivity contribution < 1.29 is 0 Å². The third-order valence-electron chi connectivity index (χ3n) is 3.30. The molecule has 0 bridgehead atoms. The molecule has 1 heterocycles. The van der Waals surface area contributed by atoms with Crippen LogP contribution in [0.3, 0.4) is 0 Å². The van der Waals surface area contributed by atoms with Gasteiger partial charge in [0.25, 0.3) is 0 Å². The van der Waals surface area contributed by atoms with Gasteiger partial charge in [-0.05, 0) is 36.1 Å². The van der Waals surface area contributed by atoms with Crippen LogP contribution >= 0.6 is 15.9 Å². The number of rotatable bonds is 0. The van der Waals surface area contributed by atoms with Crippen molar-refractivity contribution in [3.63, 3.8) is 0 Å². The van der Waals surface area contributed by atoms with E-state index in [2.05, 4.69) is 33.4 Å². The molecule has 1 aromatic rings. The molecule has 0 aromatic heterocycles. The molecule has 0 spiro atoms. The molecular formula is C11H13BrN2. The van der Waals surface area contributed by atoms with Crippen LogP contribution in [0.25, 0.3) is 0 Å². The maximum atomic E-state index is 6.06. The Morgan fingerprint density at radius 3 is 3.14 bits per heavy atom. The van der Waals surface area contributed by atoms with Crippen molar-refractivity contribution in [1.29, 1.82) is 0 Å². The van der Waals surface area contributed by atoms with Gasteiger partial charge in [-0.1, -0.05) is 15.9 Å². The van der Waals surface area contributed by atoms with Crippen molar-refractivity contribution in [1.82, 2.24) is 0 Å². The van der Waals surface area contributed by atoms with E-state index in [9.17, 15) is 0 Å². The van der Waals surface area contributed by atoms with Crippen LogP contribution in [0.15, 0.2) is 16.6 Å². The van der Waals surface area contributed by atoms with Crippen molar-refractivity contribution in [3.05, 3.63) is 27.7 Å². The quantitative estimate of drug-likeness (QED) is 0.744. The first-order chi connectivity index (χ1) is 6.75. The summed E-state index contributed by atoms with van der Waals surface area (Å²) >= 11 is 3.62. The molecule has 0 radical (unpaired) electrons. The molecule has 0 fully saturated rings. The molecule has 1 aliphatic carbocycles. The highest BCUT2D eigenvalue weighted by molar-refractivity contribution is 9.10. The van der Waals surface area contributed by atoms with Crippen LogP contribution in [0.1, 0.15) is 23.5 Å². The average Bonchev–Trinajstić information content (AvgIpc) is 2.55. The van der Waals surface area contributed by atoms with Gasteiger partial charge in [0.05, 0.1) is 0 Å². The van der Waals surface area contributed by atoms with E-state index in [1.807, 2.05) is 0 Å². The first-order valence-corrected chi connectivity index (χ1v) is 5.85. The Kier molecular flexibility index (Phi) is 1.86. The number of anilines is 1. The topological polar surface area (TPSA) is 38.0 Å². The van der Waals surface area contributed by atoms with E-state index in [1.165, 1.54) is 21.3 Å². The van der Waals surface area contributed by atoms with Gasteiger partial charge in [-0.3, -0.25) is 0 Å². The Bertz CT molecular complexity index is 389. The van der Waals surface area contributed by atoms with Crippen LogP contribution in [0.2, 0.25) is 0 Å². The van der Waals surface area contributed by atoms with E-state index < -0.39 is 0 Å².